The average molecular weight is 249 g/mol. The Bertz CT molecular complexity index is 440. The normalized spacial score (nSPS) is 11.9. The van der Waals surface area contributed by atoms with Crippen molar-refractivity contribution >= 4 is 17.4 Å². The average Bonchev–Trinajstić information content (AvgIpc) is 2.27. The molecule has 98 valence electrons. The fourth-order valence-corrected chi connectivity index (χ4v) is 1.76. The van der Waals surface area contributed by atoms with E-state index in [2.05, 4.69) is 0 Å². The molecule has 0 bridgehead atoms. The number of hydrogen-bond acceptors (Lipinski definition) is 3. The van der Waals surface area contributed by atoms with Crippen molar-refractivity contribution in [3.63, 3.8) is 0 Å². The number of carboxylic acid groups (broad SMARTS) is 1. The van der Waals surface area contributed by atoms with E-state index in [0.29, 0.717) is 5.56 Å². The number of Topliss-reactive ketones (excluding diaryl/α,β-unsaturated/α-hetero) is 1. The Balaban J connectivity index is 2.72. The number of carbonyl (C=O) groups excluding carboxylic acids is 1. The summed E-state index contributed by atoms with van der Waals surface area (Å²) >= 11 is 0. The summed E-state index contributed by atoms with van der Waals surface area (Å²) in [6.07, 6.45) is 0.294. The van der Waals surface area contributed by atoms with Crippen LogP contribution in [0, 0.1) is 5.92 Å². The fraction of sp³-hybridized carbons (Fsp3) is 0.429. The summed E-state index contributed by atoms with van der Waals surface area (Å²) in [6, 6.07) is 7.36. The quantitative estimate of drug-likeness (QED) is 0.787. The molecular formula is C14H19NO3. The molecule has 1 rings (SSSR count). The molecular weight excluding hydrogens is 230 g/mol. The first-order valence-electron chi connectivity index (χ1n) is 5.92. The van der Waals surface area contributed by atoms with E-state index in [-0.39, 0.29) is 24.5 Å². The molecule has 4 nitrogen and oxygen atoms in total. The molecule has 0 heterocycles. The fourth-order valence-electron chi connectivity index (χ4n) is 1.76. The second-order valence-corrected chi connectivity index (χ2v) is 4.78. The van der Waals surface area contributed by atoms with E-state index in [1.54, 1.807) is 13.0 Å². The summed E-state index contributed by atoms with van der Waals surface area (Å²) in [7, 11) is 3.83. The number of carboxylic acids is 1. The van der Waals surface area contributed by atoms with E-state index in [1.165, 1.54) is 0 Å². The van der Waals surface area contributed by atoms with Gasteiger partial charge < -0.3 is 10.0 Å². The molecule has 0 saturated heterocycles. The van der Waals surface area contributed by atoms with Crippen LogP contribution in [0.4, 0.5) is 5.69 Å². The van der Waals surface area contributed by atoms with Crippen LogP contribution < -0.4 is 4.90 Å². The molecule has 1 atom stereocenters. The van der Waals surface area contributed by atoms with Crippen LogP contribution in [0.2, 0.25) is 0 Å². The lowest BCUT2D eigenvalue weighted by atomic mass is 9.97. The SMILES string of the molecule is C[C@@H](CC(=O)O)CC(=O)c1cccc(N(C)C)c1. The predicted octanol–water partition coefficient (Wildman–Crippen LogP) is 2.44. The summed E-state index contributed by atoms with van der Waals surface area (Å²) in [6.45, 7) is 1.78. The third-order valence-electron chi connectivity index (χ3n) is 2.74. The van der Waals surface area contributed by atoms with Crippen LogP contribution in [0.15, 0.2) is 24.3 Å². The summed E-state index contributed by atoms with van der Waals surface area (Å²) in [5.41, 5.74) is 1.60. The highest BCUT2D eigenvalue weighted by atomic mass is 16.4. The van der Waals surface area contributed by atoms with E-state index in [9.17, 15) is 9.59 Å². The highest BCUT2D eigenvalue weighted by Gasteiger charge is 2.14. The van der Waals surface area contributed by atoms with Gasteiger partial charge in [0, 0.05) is 38.2 Å². The van der Waals surface area contributed by atoms with Gasteiger partial charge in [-0.15, -0.1) is 0 Å². The zero-order chi connectivity index (χ0) is 13.7. The second kappa shape index (κ2) is 6.19. The third-order valence-corrected chi connectivity index (χ3v) is 2.74. The molecule has 1 aromatic carbocycles. The maximum atomic E-state index is 12.0. The van der Waals surface area contributed by atoms with Crippen LogP contribution in [-0.2, 0) is 4.79 Å². The Hall–Kier alpha value is -1.84. The number of aliphatic carboxylic acids is 1. The molecule has 0 aromatic heterocycles. The van der Waals surface area contributed by atoms with Gasteiger partial charge in [0.1, 0.15) is 0 Å². The predicted molar refractivity (Wildman–Crippen MR) is 71.1 cm³/mol. The maximum Gasteiger partial charge on any atom is 0.303 e. The van der Waals surface area contributed by atoms with Crippen molar-refractivity contribution in [1.29, 1.82) is 0 Å². The molecule has 0 spiro atoms. The van der Waals surface area contributed by atoms with Crippen LogP contribution in [0.3, 0.4) is 0 Å². The van der Waals surface area contributed by atoms with Crippen molar-refractivity contribution in [2.75, 3.05) is 19.0 Å². The van der Waals surface area contributed by atoms with Gasteiger partial charge in [0.15, 0.2) is 5.78 Å². The first-order valence-corrected chi connectivity index (χ1v) is 5.92. The van der Waals surface area contributed by atoms with Gasteiger partial charge in [0.25, 0.3) is 0 Å². The van der Waals surface area contributed by atoms with E-state index < -0.39 is 5.97 Å². The van der Waals surface area contributed by atoms with Crippen LogP contribution in [0.25, 0.3) is 0 Å². The van der Waals surface area contributed by atoms with E-state index in [0.717, 1.165) is 5.69 Å². The lowest BCUT2D eigenvalue weighted by Crippen LogP contribution is -2.12. The number of hydrogen-bond donors (Lipinski definition) is 1. The van der Waals surface area contributed by atoms with Crippen LogP contribution in [0.1, 0.15) is 30.1 Å². The van der Waals surface area contributed by atoms with Gasteiger partial charge in [-0.1, -0.05) is 19.1 Å². The van der Waals surface area contributed by atoms with Crippen molar-refractivity contribution in [2.24, 2.45) is 5.92 Å². The molecule has 4 heteroatoms. The van der Waals surface area contributed by atoms with Gasteiger partial charge in [-0.05, 0) is 18.1 Å². The number of nitrogens with zero attached hydrogens (tertiary/aromatic N) is 1. The first kappa shape index (κ1) is 14.2. The lowest BCUT2D eigenvalue weighted by molar-refractivity contribution is -0.137. The summed E-state index contributed by atoms with van der Waals surface area (Å²) in [5, 5.41) is 8.67. The molecule has 0 radical (unpaired) electrons. The van der Waals surface area contributed by atoms with Gasteiger partial charge in [0.2, 0.25) is 0 Å². The smallest absolute Gasteiger partial charge is 0.303 e. The summed E-state index contributed by atoms with van der Waals surface area (Å²) in [4.78, 5) is 24.5. The van der Waals surface area contributed by atoms with Crippen LogP contribution >= 0.6 is 0 Å². The maximum absolute atomic E-state index is 12.0. The van der Waals surface area contributed by atoms with Crippen molar-refractivity contribution in [3.8, 4) is 0 Å². The zero-order valence-corrected chi connectivity index (χ0v) is 11.0. The molecule has 18 heavy (non-hydrogen) atoms. The zero-order valence-electron chi connectivity index (χ0n) is 11.0. The van der Waals surface area contributed by atoms with Crippen molar-refractivity contribution in [3.05, 3.63) is 29.8 Å². The van der Waals surface area contributed by atoms with Gasteiger partial charge in [0.05, 0.1) is 0 Å². The topological polar surface area (TPSA) is 57.6 Å². The first-order chi connectivity index (χ1) is 8.40. The molecule has 0 unspecified atom stereocenters. The Kier molecular flexibility index (Phi) is 4.89. The standard InChI is InChI=1S/C14H19NO3/c1-10(8-14(17)18)7-13(16)11-5-4-6-12(9-11)15(2)3/h4-6,9-10H,7-8H2,1-3H3,(H,17,18)/t10-/m1/s1. The molecule has 0 aliphatic heterocycles. The number of carbonyl (C=O) groups is 2. The van der Waals surface area contributed by atoms with Crippen molar-refractivity contribution < 1.29 is 14.7 Å². The van der Waals surface area contributed by atoms with Gasteiger partial charge >= 0.3 is 5.97 Å². The van der Waals surface area contributed by atoms with Crippen LogP contribution in [0.5, 0.6) is 0 Å². The minimum absolute atomic E-state index is 0.00699. The Labute approximate surface area is 107 Å². The second-order valence-electron chi connectivity index (χ2n) is 4.78. The van der Waals surface area contributed by atoms with Gasteiger partial charge in [-0.2, -0.15) is 0 Å². The van der Waals surface area contributed by atoms with E-state index in [1.807, 2.05) is 37.2 Å². The molecule has 0 amide bonds. The lowest BCUT2D eigenvalue weighted by Gasteiger charge is -2.14. The molecule has 0 fully saturated rings. The van der Waals surface area contributed by atoms with Crippen LogP contribution in [-0.4, -0.2) is 31.0 Å². The van der Waals surface area contributed by atoms with Crippen molar-refractivity contribution in [2.45, 2.75) is 19.8 Å². The number of benzene rings is 1. The largest absolute Gasteiger partial charge is 0.481 e. The minimum atomic E-state index is -0.864. The monoisotopic (exact) mass is 249 g/mol. The molecule has 0 aliphatic carbocycles. The number of rotatable bonds is 6. The Morgan fingerprint density at radius 3 is 2.50 bits per heavy atom. The minimum Gasteiger partial charge on any atom is -0.481 e. The van der Waals surface area contributed by atoms with E-state index >= 15 is 0 Å². The van der Waals surface area contributed by atoms with E-state index in [4.69, 9.17) is 5.11 Å². The Morgan fingerprint density at radius 1 is 1.28 bits per heavy atom. The summed E-state index contributed by atoms with van der Waals surface area (Å²) in [5.74, 6) is -1.01. The molecule has 0 aliphatic rings. The van der Waals surface area contributed by atoms with Crippen molar-refractivity contribution in [1.82, 2.24) is 0 Å². The number of ketones is 1. The third kappa shape index (κ3) is 4.20. The molecule has 1 aromatic rings. The number of anilines is 1. The highest BCUT2D eigenvalue weighted by Crippen LogP contribution is 2.17. The molecule has 1 N–H and O–H groups in total. The Morgan fingerprint density at radius 2 is 1.94 bits per heavy atom. The van der Waals surface area contributed by atoms with Gasteiger partial charge in [-0.25, -0.2) is 0 Å². The highest BCUT2D eigenvalue weighted by molar-refractivity contribution is 5.97. The molecule has 0 saturated carbocycles. The van der Waals surface area contributed by atoms with Gasteiger partial charge in [-0.3, -0.25) is 9.59 Å². The summed E-state index contributed by atoms with van der Waals surface area (Å²) < 4.78 is 0.